The highest BCUT2D eigenvalue weighted by atomic mass is 16.5. The molecule has 1 aromatic carbocycles. The van der Waals surface area contributed by atoms with Crippen LogP contribution in [-0.2, 0) is 0 Å². The molecule has 0 heterocycles. The maximum atomic E-state index is 12.2. The molecule has 1 fully saturated rings. The number of carbonyl (C=O) groups is 1. The van der Waals surface area contributed by atoms with Crippen molar-refractivity contribution >= 4 is 5.91 Å². The number of hydrogen-bond acceptors (Lipinski definition) is 3. The zero-order valence-corrected chi connectivity index (χ0v) is 11.4. The van der Waals surface area contributed by atoms with E-state index in [1.807, 2.05) is 12.1 Å². The summed E-state index contributed by atoms with van der Waals surface area (Å²) in [5.41, 5.74) is 6.63. The molecule has 0 radical (unpaired) electrons. The summed E-state index contributed by atoms with van der Waals surface area (Å²) < 4.78 is 5.19. The first-order valence-corrected chi connectivity index (χ1v) is 6.85. The van der Waals surface area contributed by atoms with E-state index in [4.69, 9.17) is 10.5 Å². The molecule has 3 N–H and O–H groups in total. The van der Waals surface area contributed by atoms with Gasteiger partial charge in [0.1, 0.15) is 5.75 Å². The second-order valence-corrected chi connectivity index (χ2v) is 5.31. The Labute approximate surface area is 114 Å². The van der Waals surface area contributed by atoms with E-state index in [2.05, 4.69) is 5.32 Å². The third-order valence-corrected chi connectivity index (χ3v) is 3.80. The molecule has 0 unspecified atom stereocenters. The number of para-hydroxylation sites is 1. The number of amides is 1. The van der Waals surface area contributed by atoms with Gasteiger partial charge in [-0.25, -0.2) is 0 Å². The van der Waals surface area contributed by atoms with Crippen LogP contribution in [0.1, 0.15) is 42.5 Å². The molecule has 0 atom stereocenters. The summed E-state index contributed by atoms with van der Waals surface area (Å²) >= 11 is 0. The van der Waals surface area contributed by atoms with Gasteiger partial charge in [0.25, 0.3) is 5.91 Å². The van der Waals surface area contributed by atoms with Crippen molar-refractivity contribution < 1.29 is 9.53 Å². The lowest BCUT2D eigenvalue weighted by atomic mass is 9.82. The number of carbonyl (C=O) groups excluding carboxylic acids is 1. The fourth-order valence-corrected chi connectivity index (χ4v) is 2.62. The van der Waals surface area contributed by atoms with Gasteiger partial charge in [0.15, 0.2) is 0 Å². The van der Waals surface area contributed by atoms with Crippen molar-refractivity contribution in [2.45, 2.75) is 37.6 Å². The average Bonchev–Trinajstić information content (AvgIpc) is 2.45. The van der Waals surface area contributed by atoms with Crippen LogP contribution in [0.3, 0.4) is 0 Å². The van der Waals surface area contributed by atoms with E-state index in [9.17, 15) is 4.79 Å². The van der Waals surface area contributed by atoms with Gasteiger partial charge >= 0.3 is 0 Å². The summed E-state index contributed by atoms with van der Waals surface area (Å²) in [6.07, 6.45) is 5.53. The molecule has 19 heavy (non-hydrogen) atoms. The Hall–Kier alpha value is -1.55. The molecule has 4 nitrogen and oxygen atoms in total. The van der Waals surface area contributed by atoms with E-state index in [1.54, 1.807) is 19.2 Å². The molecule has 0 aliphatic heterocycles. The summed E-state index contributed by atoms with van der Waals surface area (Å²) in [4.78, 5) is 12.2. The predicted octanol–water partition coefficient (Wildman–Crippen LogP) is 2.09. The van der Waals surface area contributed by atoms with Crippen LogP contribution in [0.4, 0.5) is 0 Å². The first kappa shape index (κ1) is 13.9. The topological polar surface area (TPSA) is 64.3 Å². The number of nitrogens with two attached hydrogens (primary N) is 1. The molecule has 104 valence electrons. The number of benzene rings is 1. The van der Waals surface area contributed by atoms with Crippen LogP contribution < -0.4 is 15.8 Å². The summed E-state index contributed by atoms with van der Waals surface area (Å²) in [7, 11) is 1.57. The van der Waals surface area contributed by atoms with Gasteiger partial charge in [-0.1, -0.05) is 31.4 Å². The summed E-state index contributed by atoms with van der Waals surface area (Å²) in [6.45, 7) is 0.532. The van der Waals surface area contributed by atoms with Crippen molar-refractivity contribution in [2.75, 3.05) is 13.7 Å². The highest BCUT2D eigenvalue weighted by molar-refractivity contribution is 5.96. The van der Waals surface area contributed by atoms with Crippen molar-refractivity contribution in [3.05, 3.63) is 29.8 Å². The van der Waals surface area contributed by atoms with Crippen LogP contribution in [0.15, 0.2) is 24.3 Å². The summed E-state index contributed by atoms with van der Waals surface area (Å²) in [5, 5.41) is 2.94. The third kappa shape index (κ3) is 3.47. The molecule has 1 aliphatic carbocycles. The lowest BCUT2D eigenvalue weighted by Gasteiger charge is -2.33. The number of hydrogen-bond donors (Lipinski definition) is 2. The van der Waals surface area contributed by atoms with Gasteiger partial charge in [0, 0.05) is 12.1 Å². The molecule has 0 spiro atoms. The van der Waals surface area contributed by atoms with Gasteiger partial charge in [-0.2, -0.15) is 0 Å². The van der Waals surface area contributed by atoms with Gasteiger partial charge in [-0.3, -0.25) is 4.79 Å². The third-order valence-electron chi connectivity index (χ3n) is 3.80. The summed E-state index contributed by atoms with van der Waals surface area (Å²) in [6, 6.07) is 7.23. The Bertz CT molecular complexity index is 440. The Morgan fingerprint density at radius 3 is 2.68 bits per heavy atom. The van der Waals surface area contributed by atoms with Crippen LogP contribution in [0.5, 0.6) is 5.75 Å². The van der Waals surface area contributed by atoms with Crippen molar-refractivity contribution in [3.63, 3.8) is 0 Å². The second-order valence-electron chi connectivity index (χ2n) is 5.31. The Morgan fingerprint density at radius 1 is 1.32 bits per heavy atom. The minimum Gasteiger partial charge on any atom is -0.496 e. The SMILES string of the molecule is COc1ccccc1C(=O)NCC1(N)CCCCC1. The fourth-order valence-electron chi connectivity index (χ4n) is 2.62. The largest absolute Gasteiger partial charge is 0.496 e. The molecular formula is C15H22N2O2. The van der Waals surface area contributed by atoms with Crippen LogP contribution in [0.2, 0.25) is 0 Å². The molecule has 1 aromatic rings. The lowest BCUT2D eigenvalue weighted by molar-refractivity contribution is 0.0934. The molecule has 1 aliphatic rings. The molecular weight excluding hydrogens is 240 g/mol. The zero-order valence-electron chi connectivity index (χ0n) is 11.4. The van der Waals surface area contributed by atoms with Crippen LogP contribution in [0, 0.1) is 0 Å². The van der Waals surface area contributed by atoms with Gasteiger partial charge in [0.2, 0.25) is 0 Å². The zero-order chi connectivity index (χ0) is 13.7. The number of ether oxygens (including phenoxy) is 1. The molecule has 1 saturated carbocycles. The average molecular weight is 262 g/mol. The summed E-state index contributed by atoms with van der Waals surface area (Å²) in [5.74, 6) is 0.475. The van der Waals surface area contributed by atoms with Gasteiger partial charge in [0.05, 0.1) is 12.7 Å². The number of rotatable bonds is 4. The smallest absolute Gasteiger partial charge is 0.255 e. The minimum absolute atomic E-state index is 0.118. The number of nitrogens with one attached hydrogen (secondary N) is 1. The van der Waals surface area contributed by atoms with Crippen molar-refractivity contribution in [1.82, 2.24) is 5.32 Å². The Kier molecular flexibility index (Phi) is 4.43. The maximum absolute atomic E-state index is 12.2. The fraction of sp³-hybridized carbons (Fsp3) is 0.533. The Morgan fingerprint density at radius 2 is 2.00 bits per heavy atom. The molecule has 0 aromatic heterocycles. The molecule has 0 bridgehead atoms. The highest BCUT2D eigenvalue weighted by Crippen LogP contribution is 2.25. The lowest BCUT2D eigenvalue weighted by Crippen LogP contribution is -2.51. The first-order chi connectivity index (χ1) is 9.14. The molecule has 1 amide bonds. The van der Waals surface area contributed by atoms with E-state index < -0.39 is 0 Å². The van der Waals surface area contributed by atoms with Crippen LogP contribution >= 0.6 is 0 Å². The standard InChI is InChI=1S/C15H22N2O2/c1-19-13-8-4-3-7-12(13)14(18)17-11-15(16)9-5-2-6-10-15/h3-4,7-8H,2,5-6,9-11,16H2,1H3,(H,17,18). The van der Waals surface area contributed by atoms with E-state index in [1.165, 1.54) is 6.42 Å². The van der Waals surface area contributed by atoms with Crippen molar-refractivity contribution in [3.8, 4) is 5.75 Å². The van der Waals surface area contributed by atoms with Gasteiger partial charge < -0.3 is 15.8 Å². The van der Waals surface area contributed by atoms with Crippen molar-refractivity contribution in [1.29, 1.82) is 0 Å². The molecule has 0 saturated heterocycles. The first-order valence-electron chi connectivity index (χ1n) is 6.85. The van der Waals surface area contributed by atoms with E-state index in [0.29, 0.717) is 17.9 Å². The quantitative estimate of drug-likeness (QED) is 0.873. The Balaban J connectivity index is 1.97. The monoisotopic (exact) mass is 262 g/mol. The second kappa shape index (κ2) is 6.06. The number of methoxy groups -OCH3 is 1. The van der Waals surface area contributed by atoms with E-state index in [-0.39, 0.29) is 11.4 Å². The highest BCUT2D eigenvalue weighted by Gasteiger charge is 2.28. The van der Waals surface area contributed by atoms with Crippen LogP contribution in [0.25, 0.3) is 0 Å². The van der Waals surface area contributed by atoms with Crippen LogP contribution in [-0.4, -0.2) is 25.1 Å². The van der Waals surface area contributed by atoms with Crippen molar-refractivity contribution in [2.24, 2.45) is 5.73 Å². The molecule has 4 heteroatoms. The minimum atomic E-state index is -0.240. The van der Waals surface area contributed by atoms with Gasteiger partial charge in [-0.05, 0) is 25.0 Å². The predicted molar refractivity (Wildman–Crippen MR) is 75.3 cm³/mol. The van der Waals surface area contributed by atoms with Gasteiger partial charge in [-0.15, -0.1) is 0 Å². The van der Waals surface area contributed by atoms with E-state index in [0.717, 1.165) is 25.7 Å². The van der Waals surface area contributed by atoms with E-state index >= 15 is 0 Å². The normalized spacial score (nSPS) is 17.8. The maximum Gasteiger partial charge on any atom is 0.255 e. The molecule has 2 rings (SSSR count).